The first-order valence-corrected chi connectivity index (χ1v) is 6.96. The summed E-state index contributed by atoms with van der Waals surface area (Å²) in [6.07, 6.45) is 1.13. The van der Waals surface area contributed by atoms with Crippen molar-refractivity contribution in [2.24, 2.45) is 0 Å². The highest BCUT2D eigenvalue weighted by Gasteiger charge is 2.28. The van der Waals surface area contributed by atoms with Gasteiger partial charge in [0.15, 0.2) is 0 Å². The Bertz CT molecular complexity index is 409. The molecule has 0 radical (unpaired) electrons. The predicted molar refractivity (Wildman–Crippen MR) is 79.5 cm³/mol. The van der Waals surface area contributed by atoms with Gasteiger partial charge in [-0.05, 0) is 50.8 Å². The second-order valence-electron chi connectivity index (χ2n) is 5.40. The van der Waals surface area contributed by atoms with E-state index in [0.717, 1.165) is 12.1 Å². The fourth-order valence-electron chi connectivity index (χ4n) is 1.85. The highest BCUT2D eigenvalue weighted by atomic mass is 16.5. The second kappa shape index (κ2) is 6.60. The van der Waals surface area contributed by atoms with E-state index in [1.54, 1.807) is 0 Å². The van der Waals surface area contributed by atoms with E-state index < -0.39 is 5.54 Å². The Balaban J connectivity index is 2.74. The minimum atomic E-state index is -0.714. The van der Waals surface area contributed by atoms with Gasteiger partial charge in [0.05, 0.1) is 6.61 Å². The number of benzene rings is 1. The molecule has 3 nitrogen and oxygen atoms in total. The van der Waals surface area contributed by atoms with Gasteiger partial charge in [0.25, 0.3) is 0 Å². The van der Waals surface area contributed by atoms with Crippen LogP contribution in [-0.2, 0) is 9.53 Å². The van der Waals surface area contributed by atoms with Crippen molar-refractivity contribution in [3.05, 3.63) is 29.8 Å². The van der Waals surface area contributed by atoms with Gasteiger partial charge < -0.3 is 10.1 Å². The number of ether oxygens (including phenoxy) is 1. The van der Waals surface area contributed by atoms with Crippen LogP contribution in [0.4, 0.5) is 5.69 Å². The maximum Gasteiger partial charge on any atom is 0.331 e. The average Bonchev–Trinajstić information content (AvgIpc) is 2.38. The van der Waals surface area contributed by atoms with Crippen LogP contribution in [0.5, 0.6) is 0 Å². The van der Waals surface area contributed by atoms with E-state index in [0.29, 0.717) is 12.5 Å². The Hall–Kier alpha value is -1.51. The first-order valence-electron chi connectivity index (χ1n) is 6.96. The van der Waals surface area contributed by atoms with Crippen LogP contribution in [-0.4, -0.2) is 18.1 Å². The molecule has 0 spiro atoms. The summed E-state index contributed by atoms with van der Waals surface area (Å²) in [5, 5.41) is 3.21. The van der Waals surface area contributed by atoms with Crippen molar-refractivity contribution in [3.63, 3.8) is 0 Å². The molecule has 0 fully saturated rings. The molecule has 0 saturated heterocycles. The van der Waals surface area contributed by atoms with Crippen LogP contribution >= 0.6 is 0 Å². The first-order chi connectivity index (χ1) is 8.90. The second-order valence-corrected chi connectivity index (χ2v) is 5.40. The van der Waals surface area contributed by atoms with Crippen molar-refractivity contribution >= 4 is 11.7 Å². The third-order valence-corrected chi connectivity index (χ3v) is 3.33. The number of esters is 1. The summed E-state index contributed by atoms with van der Waals surface area (Å²) < 4.78 is 5.06. The van der Waals surface area contributed by atoms with Crippen molar-refractivity contribution in [3.8, 4) is 0 Å². The lowest BCUT2D eigenvalue weighted by Crippen LogP contribution is -2.41. The quantitative estimate of drug-likeness (QED) is 0.790. The fourth-order valence-corrected chi connectivity index (χ4v) is 1.85. The Kier molecular flexibility index (Phi) is 5.40. The lowest BCUT2D eigenvalue weighted by atomic mass is 9.98. The van der Waals surface area contributed by atoms with E-state index >= 15 is 0 Å². The summed E-state index contributed by atoms with van der Waals surface area (Å²) in [5.74, 6) is 0.327. The van der Waals surface area contributed by atoms with Crippen LogP contribution in [0.25, 0.3) is 0 Å². The lowest BCUT2D eigenvalue weighted by molar-refractivity contribution is -0.147. The molecule has 0 amide bonds. The smallest absolute Gasteiger partial charge is 0.331 e. The molecule has 0 bridgehead atoms. The highest BCUT2D eigenvalue weighted by molar-refractivity contribution is 5.83. The highest BCUT2D eigenvalue weighted by Crippen LogP contribution is 2.22. The first kappa shape index (κ1) is 15.5. The number of carbonyl (C=O) groups is 1. The van der Waals surface area contributed by atoms with Gasteiger partial charge in [0, 0.05) is 5.69 Å². The van der Waals surface area contributed by atoms with Gasteiger partial charge in [-0.3, -0.25) is 0 Å². The lowest BCUT2D eigenvalue weighted by Gasteiger charge is -2.25. The van der Waals surface area contributed by atoms with Crippen LogP contribution in [0.1, 0.15) is 52.5 Å². The Morgan fingerprint density at radius 2 is 1.84 bits per heavy atom. The maximum absolute atomic E-state index is 11.8. The molecule has 1 rings (SSSR count). The minimum absolute atomic E-state index is 0.235. The molecule has 0 aromatic heterocycles. The van der Waals surface area contributed by atoms with E-state index in [4.69, 9.17) is 4.74 Å². The molecule has 1 aromatic rings. The molecule has 1 unspecified atom stereocenters. The summed E-state index contributed by atoms with van der Waals surface area (Å²) in [7, 11) is 0. The molecule has 0 heterocycles. The van der Waals surface area contributed by atoms with Crippen LogP contribution in [0.2, 0.25) is 0 Å². The normalized spacial score (nSPS) is 12.9. The van der Waals surface area contributed by atoms with Crippen molar-refractivity contribution in [2.75, 3.05) is 11.9 Å². The SMILES string of the molecule is CCOC(=O)C(C)(C)Nc1ccc(C(C)CC)cc1. The van der Waals surface area contributed by atoms with Gasteiger partial charge in [0.1, 0.15) is 5.54 Å². The molecule has 0 aliphatic rings. The minimum Gasteiger partial charge on any atom is -0.464 e. The summed E-state index contributed by atoms with van der Waals surface area (Å²) in [6.45, 7) is 10.3. The zero-order chi connectivity index (χ0) is 14.5. The third kappa shape index (κ3) is 4.27. The zero-order valence-electron chi connectivity index (χ0n) is 12.6. The fraction of sp³-hybridized carbons (Fsp3) is 0.562. The molecular formula is C16H25NO2. The van der Waals surface area contributed by atoms with Crippen molar-refractivity contribution in [1.29, 1.82) is 0 Å². The molecular weight excluding hydrogens is 238 g/mol. The monoisotopic (exact) mass is 263 g/mol. The molecule has 19 heavy (non-hydrogen) atoms. The topological polar surface area (TPSA) is 38.3 Å². The van der Waals surface area contributed by atoms with E-state index in [-0.39, 0.29) is 5.97 Å². The van der Waals surface area contributed by atoms with Crippen molar-refractivity contribution < 1.29 is 9.53 Å². The molecule has 1 aromatic carbocycles. The number of hydrogen-bond acceptors (Lipinski definition) is 3. The van der Waals surface area contributed by atoms with Crippen LogP contribution < -0.4 is 5.32 Å². The zero-order valence-corrected chi connectivity index (χ0v) is 12.6. The number of hydrogen-bond donors (Lipinski definition) is 1. The van der Waals surface area contributed by atoms with Gasteiger partial charge in [-0.25, -0.2) is 4.79 Å². The van der Waals surface area contributed by atoms with Crippen molar-refractivity contribution in [2.45, 2.75) is 52.5 Å². The third-order valence-electron chi connectivity index (χ3n) is 3.33. The number of anilines is 1. The molecule has 0 aliphatic carbocycles. The number of nitrogens with one attached hydrogen (secondary N) is 1. The maximum atomic E-state index is 11.8. The van der Waals surface area contributed by atoms with Gasteiger partial charge in [0.2, 0.25) is 0 Å². The van der Waals surface area contributed by atoms with Crippen molar-refractivity contribution in [1.82, 2.24) is 0 Å². The molecule has 106 valence electrons. The van der Waals surface area contributed by atoms with Crippen LogP contribution in [0.15, 0.2) is 24.3 Å². The van der Waals surface area contributed by atoms with E-state index in [9.17, 15) is 4.79 Å². The van der Waals surface area contributed by atoms with Gasteiger partial charge in [-0.2, -0.15) is 0 Å². The largest absolute Gasteiger partial charge is 0.464 e. The summed E-state index contributed by atoms with van der Waals surface area (Å²) in [4.78, 5) is 11.8. The molecule has 0 saturated carbocycles. The summed E-state index contributed by atoms with van der Waals surface area (Å²) in [5.41, 5.74) is 1.54. The Morgan fingerprint density at radius 3 is 2.32 bits per heavy atom. The standard InChI is InChI=1S/C16H25NO2/c1-6-12(3)13-8-10-14(11-9-13)17-16(4,5)15(18)19-7-2/h8-12,17H,6-7H2,1-5H3. The van der Waals surface area contributed by atoms with Gasteiger partial charge in [-0.1, -0.05) is 26.0 Å². The van der Waals surface area contributed by atoms with E-state index in [1.807, 2.05) is 32.9 Å². The van der Waals surface area contributed by atoms with E-state index in [1.165, 1.54) is 5.56 Å². The van der Waals surface area contributed by atoms with E-state index in [2.05, 4.69) is 31.3 Å². The molecule has 1 N–H and O–H groups in total. The van der Waals surface area contributed by atoms with Gasteiger partial charge in [-0.15, -0.1) is 0 Å². The number of carbonyl (C=O) groups excluding carboxylic acids is 1. The van der Waals surface area contributed by atoms with Gasteiger partial charge >= 0.3 is 5.97 Å². The predicted octanol–water partition coefficient (Wildman–Crippen LogP) is 3.95. The molecule has 0 aliphatic heterocycles. The Morgan fingerprint density at radius 1 is 1.26 bits per heavy atom. The summed E-state index contributed by atoms with van der Waals surface area (Å²) >= 11 is 0. The van der Waals surface area contributed by atoms with Crippen LogP contribution in [0.3, 0.4) is 0 Å². The molecule has 3 heteroatoms. The summed E-state index contributed by atoms with van der Waals surface area (Å²) in [6, 6.07) is 8.25. The molecule has 1 atom stereocenters. The van der Waals surface area contributed by atoms with Crippen LogP contribution in [0, 0.1) is 0 Å². The average molecular weight is 263 g/mol. The Labute approximate surface area is 116 Å². The number of rotatable bonds is 6.